The van der Waals surface area contributed by atoms with Gasteiger partial charge in [-0.15, -0.1) is 0 Å². The summed E-state index contributed by atoms with van der Waals surface area (Å²) in [7, 11) is 0. The number of hydrogen-bond acceptors (Lipinski definition) is 2. The molecule has 1 aliphatic rings. The van der Waals surface area contributed by atoms with E-state index >= 15 is 0 Å². The molecule has 0 amide bonds. The summed E-state index contributed by atoms with van der Waals surface area (Å²) in [6, 6.07) is 8.75. The highest BCUT2D eigenvalue weighted by atomic mass is 19.1. The standard InChI is InChI=1S/C16H16FN3/c17-13-6-3-5-12(11-13)16-19-14(7-4-9-18)15-8-1-2-10-20(15)16/h3,5-6,11H,1-2,4,7-8,10H2. The van der Waals surface area contributed by atoms with Crippen LogP contribution in [-0.2, 0) is 19.4 Å². The quantitative estimate of drug-likeness (QED) is 0.856. The molecular formula is C16H16FN3. The molecule has 20 heavy (non-hydrogen) atoms. The molecule has 102 valence electrons. The third-order valence-corrected chi connectivity index (χ3v) is 3.76. The number of nitriles is 1. The van der Waals surface area contributed by atoms with Crippen molar-refractivity contribution < 1.29 is 4.39 Å². The first-order valence-electron chi connectivity index (χ1n) is 7.01. The van der Waals surface area contributed by atoms with Crippen LogP contribution in [0.3, 0.4) is 0 Å². The largest absolute Gasteiger partial charge is 0.328 e. The lowest BCUT2D eigenvalue weighted by Crippen LogP contribution is -2.12. The second-order valence-corrected chi connectivity index (χ2v) is 5.11. The van der Waals surface area contributed by atoms with Crippen LogP contribution >= 0.6 is 0 Å². The highest BCUT2D eigenvalue weighted by Gasteiger charge is 2.20. The Kier molecular flexibility index (Phi) is 3.51. The van der Waals surface area contributed by atoms with Crippen LogP contribution in [0.15, 0.2) is 24.3 Å². The van der Waals surface area contributed by atoms with E-state index in [1.54, 1.807) is 6.07 Å². The lowest BCUT2D eigenvalue weighted by molar-refractivity contribution is 0.533. The molecule has 0 radical (unpaired) electrons. The molecule has 1 aliphatic heterocycles. The van der Waals surface area contributed by atoms with Crippen LogP contribution in [-0.4, -0.2) is 9.55 Å². The molecule has 2 aromatic rings. The summed E-state index contributed by atoms with van der Waals surface area (Å²) in [6.07, 6.45) is 4.45. The number of rotatable bonds is 3. The van der Waals surface area contributed by atoms with Crippen LogP contribution in [0.1, 0.15) is 30.7 Å². The maximum Gasteiger partial charge on any atom is 0.140 e. The van der Waals surface area contributed by atoms with Crippen LogP contribution < -0.4 is 0 Å². The predicted octanol–water partition coefficient (Wildman–Crippen LogP) is 3.48. The fourth-order valence-electron chi connectivity index (χ4n) is 2.84. The Balaban J connectivity index is 2.07. The number of aryl methyl sites for hydroxylation is 1. The Hall–Kier alpha value is -2.15. The van der Waals surface area contributed by atoms with Gasteiger partial charge in [0.05, 0.1) is 11.8 Å². The topological polar surface area (TPSA) is 41.6 Å². The molecule has 3 nitrogen and oxygen atoms in total. The summed E-state index contributed by atoms with van der Waals surface area (Å²) >= 11 is 0. The van der Waals surface area contributed by atoms with E-state index in [0.717, 1.165) is 42.9 Å². The van der Waals surface area contributed by atoms with Crippen molar-refractivity contribution in [3.05, 3.63) is 41.5 Å². The minimum atomic E-state index is -0.241. The second kappa shape index (κ2) is 5.46. The van der Waals surface area contributed by atoms with Gasteiger partial charge in [-0.25, -0.2) is 9.37 Å². The van der Waals surface area contributed by atoms with E-state index in [9.17, 15) is 4.39 Å². The summed E-state index contributed by atoms with van der Waals surface area (Å²) in [5.74, 6) is 0.598. The van der Waals surface area contributed by atoms with Gasteiger partial charge in [0.1, 0.15) is 11.6 Å². The Labute approximate surface area is 117 Å². The highest BCUT2D eigenvalue weighted by molar-refractivity contribution is 5.57. The zero-order valence-corrected chi connectivity index (χ0v) is 11.3. The van der Waals surface area contributed by atoms with Gasteiger partial charge in [-0.3, -0.25) is 0 Å². The van der Waals surface area contributed by atoms with Gasteiger partial charge < -0.3 is 4.57 Å². The Morgan fingerprint density at radius 2 is 2.25 bits per heavy atom. The molecule has 0 unspecified atom stereocenters. The van der Waals surface area contributed by atoms with Crippen molar-refractivity contribution in [2.24, 2.45) is 0 Å². The Morgan fingerprint density at radius 1 is 1.35 bits per heavy atom. The van der Waals surface area contributed by atoms with E-state index in [1.807, 2.05) is 6.07 Å². The second-order valence-electron chi connectivity index (χ2n) is 5.11. The maximum absolute atomic E-state index is 13.4. The first-order valence-corrected chi connectivity index (χ1v) is 7.01. The fourth-order valence-corrected chi connectivity index (χ4v) is 2.84. The summed E-state index contributed by atoms with van der Waals surface area (Å²) < 4.78 is 15.6. The number of nitrogens with zero attached hydrogens (tertiary/aromatic N) is 3. The van der Waals surface area contributed by atoms with Crippen molar-refractivity contribution in [3.63, 3.8) is 0 Å². The van der Waals surface area contributed by atoms with E-state index < -0.39 is 0 Å². The monoisotopic (exact) mass is 269 g/mol. The number of hydrogen-bond donors (Lipinski definition) is 0. The molecule has 0 saturated carbocycles. The van der Waals surface area contributed by atoms with Crippen molar-refractivity contribution in [1.82, 2.24) is 9.55 Å². The molecule has 1 aromatic heterocycles. The zero-order chi connectivity index (χ0) is 13.9. The van der Waals surface area contributed by atoms with Gasteiger partial charge in [0.25, 0.3) is 0 Å². The number of benzene rings is 1. The van der Waals surface area contributed by atoms with Crippen LogP contribution in [0.2, 0.25) is 0 Å². The SMILES string of the molecule is N#CCCc1nc(-c2cccc(F)c2)n2c1CCCC2. The van der Waals surface area contributed by atoms with Gasteiger partial charge in [0.15, 0.2) is 0 Å². The number of fused-ring (bicyclic) bond motifs is 1. The number of imidazole rings is 1. The third kappa shape index (κ3) is 2.32. The molecule has 0 fully saturated rings. The first kappa shape index (κ1) is 12.9. The Morgan fingerprint density at radius 3 is 3.05 bits per heavy atom. The Bertz CT molecular complexity index is 667. The minimum Gasteiger partial charge on any atom is -0.328 e. The van der Waals surface area contributed by atoms with E-state index in [-0.39, 0.29) is 5.82 Å². The predicted molar refractivity (Wildman–Crippen MR) is 74.5 cm³/mol. The molecule has 0 N–H and O–H groups in total. The molecule has 0 aliphatic carbocycles. The summed E-state index contributed by atoms with van der Waals surface area (Å²) in [4.78, 5) is 4.69. The lowest BCUT2D eigenvalue weighted by Gasteiger charge is -2.17. The molecular weight excluding hydrogens is 253 g/mol. The summed E-state index contributed by atoms with van der Waals surface area (Å²) in [6.45, 7) is 0.931. The van der Waals surface area contributed by atoms with Crippen LogP contribution in [0.4, 0.5) is 4.39 Å². The van der Waals surface area contributed by atoms with Crippen molar-refractivity contribution >= 4 is 0 Å². The maximum atomic E-state index is 13.4. The minimum absolute atomic E-state index is 0.241. The average Bonchev–Trinajstić information content (AvgIpc) is 2.84. The summed E-state index contributed by atoms with van der Waals surface area (Å²) in [5, 5.41) is 8.76. The smallest absolute Gasteiger partial charge is 0.140 e. The molecule has 0 spiro atoms. The van der Waals surface area contributed by atoms with Gasteiger partial charge in [-0.2, -0.15) is 5.26 Å². The summed E-state index contributed by atoms with van der Waals surface area (Å²) in [5.41, 5.74) is 3.05. The van der Waals surface area contributed by atoms with Crippen LogP contribution in [0, 0.1) is 17.1 Å². The van der Waals surface area contributed by atoms with Crippen molar-refractivity contribution in [1.29, 1.82) is 5.26 Å². The number of aromatic nitrogens is 2. The highest BCUT2D eigenvalue weighted by Crippen LogP contribution is 2.28. The van der Waals surface area contributed by atoms with Gasteiger partial charge >= 0.3 is 0 Å². The van der Waals surface area contributed by atoms with E-state index in [2.05, 4.69) is 15.6 Å². The van der Waals surface area contributed by atoms with Crippen LogP contribution in [0.25, 0.3) is 11.4 Å². The van der Waals surface area contributed by atoms with Crippen molar-refractivity contribution in [2.45, 2.75) is 38.6 Å². The van der Waals surface area contributed by atoms with Crippen molar-refractivity contribution in [3.8, 4) is 17.5 Å². The number of halogens is 1. The van der Waals surface area contributed by atoms with E-state index in [1.165, 1.54) is 17.8 Å². The molecule has 4 heteroatoms. The van der Waals surface area contributed by atoms with Crippen LogP contribution in [0.5, 0.6) is 0 Å². The van der Waals surface area contributed by atoms with Gasteiger partial charge in [-0.05, 0) is 31.4 Å². The van der Waals surface area contributed by atoms with E-state index in [0.29, 0.717) is 12.8 Å². The molecule has 0 saturated heterocycles. The fraction of sp³-hybridized carbons (Fsp3) is 0.375. The molecule has 3 rings (SSSR count). The zero-order valence-electron chi connectivity index (χ0n) is 11.3. The van der Waals surface area contributed by atoms with Gasteiger partial charge in [-0.1, -0.05) is 12.1 Å². The molecule has 2 heterocycles. The average molecular weight is 269 g/mol. The van der Waals surface area contributed by atoms with Crippen molar-refractivity contribution in [2.75, 3.05) is 0 Å². The third-order valence-electron chi connectivity index (χ3n) is 3.76. The first-order chi connectivity index (χ1) is 9.79. The normalized spacial score (nSPS) is 13.8. The van der Waals surface area contributed by atoms with Gasteiger partial charge in [0.2, 0.25) is 0 Å². The molecule has 1 aromatic carbocycles. The van der Waals surface area contributed by atoms with E-state index in [4.69, 9.17) is 5.26 Å². The lowest BCUT2D eigenvalue weighted by atomic mass is 10.1. The molecule has 0 atom stereocenters. The molecule has 0 bridgehead atoms. The van der Waals surface area contributed by atoms with Gasteiger partial charge in [0, 0.05) is 30.6 Å².